The highest BCUT2D eigenvalue weighted by atomic mass is 32.2. The van der Waals surface area contributed by atoms with Crippen LogP contribution in [0.5, 0.6) is 0 Å². The molecule has 0 bridgehead atoms. The third-order valence-electron chi connectivity index (χ3n) is 2.28. The van der Waals surface area contributed by atoms with Crippen molar-refractivity contribution in [1.82, 2.24) is 0 Å². The average molecular weight is 144 g/mol. The van der Waals surface area contributed by atoms with Gasteiger partial charge in [-0.15, -0.1) is 0 Å². The summed E-state index contributed by atoms with van der Waals surface area (Å²) in [5, 5.41) is 0. The summed E-state index contributed by atoms with van der Waals surface area (Å²) in [5.41, 5.74) is 0. The maximum absolute atomic E-state index is 4.11. The van der Waals surface area contributed by atoms with Crippen molar-refractivity contribution in [3.8, 4) is 0 Å². The van der Waals surface area contributed by atoms with E-state index in [2.05, 4.69) is 19.7 Å². The van der Waals surface area contributed by atoms with Gasteiger partial charge in [0.2, 0.25) is 0 Å². The third-order valence-corrected chi connectivity index (χ3v) is 4.17. The monoisotopic (exact) mass is 144 g/mol. The Morgan fingerprint density at radius 1 is 1.56 bits per heavy atom. The van der Waals surface area contributed by atoms with Gasteiger partial charge in [-0.1, -0.05) is 26.1 Å². The van der Waals surface area contributed by atoms with Crippen molar-refractivity contribution >= 4 is 16.4 Å². The van der Waals surface area contributed by atoms with E-state index in [1.165, 1.54) is 17.9 Å². The summed E-state index contributed by atoms with van der Waals surface area (Å²) in [6.45, 7) is 4.66. The van der Waals surface area contributed by atoms with Gasteiger partial charge in [-0.25, -0.2) is 0 Å². The minimum atomic E-state index is 0.517. The van der Waals surface area contributed by atoms with E-state index >= 15 is 0 Å². The van der Waals surface area contributed by atoms with E-state index in [0.717, 1.165) is 11.8 Å². The van der Waals surface area contributed by atoms with Crippen LogP contribution in [-0.4, -0.2) is 17.4 Å². The van der Waals surface area contributed by atoms with Crippen molar-refractivity contribution in [1.29, 1.82) is 0 Å². The van der Waals surface area contributed by atoms with Crippen LogP contribution in [0.1, 0.15) is 20.3 Å². The molecule has 1 heterocycles. The first-order valence-corrected chi connectivity index (χ1v) is 5.44. The Hall–Kier alpha value is 0.220. The molecule has 1 rings (SSSR count). The van der Waals surface area contributed by atoms with Crippen LogP contribution in [0.2, 0.25) is 0 Å². The lowest BCUT2D eigenvalue weighted by Gasteiger charge is -2.09. The van der Waals surface area contributed by atoms with Crippen molar-refractivity contribution in [3.05, 3.63) is 0 Å². The van der Waals surface area contributed by atoms with E-state index in [-0.39, 0.29) is 0 Å². The van der Waals surface area contributed by atoms with E-state index in [4.69, 9.17) is 0 Å². The molecule has 0 amide bonds. The number of hydrogen-bond acceptors (Lipinski definition) is 0. The van der Waals surface area contributed by atoms with E-state index in [1.807, 2.05) is 0 Å². The van der Waals surface area contributed by atoms with Crippen molar-refractivity contribution < 1.29 is 0 Å². The van der Waals surface area contributed by atoms with Gasteiger partial charge in [0.1, 0.15) is 0 Å². The Morgan fingerprint density at radius 3 is 2.44 bits per heavy atom. The molecular weight excluding hydrogens is 128 g/mol. The van der Waals surface area contributed by atoms with E-state index in [9.17, 15) is 0 Å². The Labute approximate surface area is 60.6 Å². The Kier molecular flexibility index (Phi) is 2.34. The van der Waals surface area contributed by atoms with Crippen LogP contribution in [0.25, 0.3) is 0 Å². The first kappa shape index (κ1) is 7.33. The van der Waals surface area contributed by atoms with Gasteiger partial charge in [-0.05, 0) is 23.3 Å². The highest BCUT2D eigenvalue weighted by molar-refractivity contribution is 8.14. The Bertz CT molecular complexity index is 118. The van der Waals surface area contributed by atoms with Gasteiger partial charge in [0.05, 0.1) is 0 Å². The SMILES string of the molecule is C=S1CC(C)C(CC)C1. The minimum Gasteiger partial charge on any atom is -0.193 e. The van der Waals surface area contributed by atoms with Crippen molar-refractivity contribution in [3.63, 3.8) is 0 Å². The standard InChI is InChI=1S/C8H16S/c1-4-8-6-9(3)5-7(8)2/h7-8H,3-6H2,1-2H3. The lowest BCUT2D eigenvalue weighted by Crippen LogP contribution is -2.05. The molecule has 0 aromatic carbocycles. The summed E-state index contributed by atoms with van der Waals surface area (Å²) in [7, 11) is 0.517. The van der Waals surface area contributed by atoms with Gasteiger partial charge in [0, 0.05) is 0 Å². The summed E-state index contributed by atoms with van der Waals surface area (Å²) < 4.78 is 0. The maximum Gasteiger partial charge on any atom is -0.00914 e. The first-order chi connectivity index (χ1) is 4.24. The third kappa shape index (κ3) is 1.57. The van der Waals surface area contributed by atoms with Crippen LogP contribution in [-0.2, 0) is 0 Å². The van der Waals surface area contributed by atoms with Gasteiger partial charge >= 0.3 is 0 Å². The van der Waals surface area contributed by atoms with Crippen molar-refractivity contribution in [2.24, 2.45) is 11.8 Å². The summed E-state index contributed by atoms with van der Waals surface area (Å²) >= 11 is 0. The molecule has 0 spiro atoms. The fourth-order valence-electron chi connectivity index (χ4n) is 1.56. The quantitative estimate of drug-likeness (QED) is 0.496. The van der Waals surface area contributed by atoms with Crippen LogP contribution >= 0.6 is 10.5 Å². The van der Waals surface area contributed by atoms with Gasteiger partial charge in [-0.2, -0.15) is 10.5 Å². The highest BCUT2D eigenvalue weighted by Gasteiger charge is 2.22. The van der Waals surface area contributed by atoms with Crippen LogP contribution in [0.4, 0.5) is 0 Å². The molecule has 0 nitrogen and oxygen atoms in total. The molecule has 0 aromatic rings. The number of hydrogen-bond donors (Lipinski definition) is 0. The summed E-state index contributed by atoms with van der Waals surface area (Å²) in [4.78, 5) is 0. The molecule has 0 radical (unpaired) electrons. The smallest absolute Gasteiger partial charge is 0.00914 e. The zero-order valence-corrected chi connectivity index (χ0v) is 7.21. The summed E-state index contributed by atoms with van der Waals surface area (Å²) in [6.07, 6.45) is 1.36. The van der Waals surface area contributed by atoms with Crippen LogP contribution in [0, 0.1) is 11.8 Å². The second kappa shape index (κ2) is 2.87. The van der Waals surface area contributed by atoms with Crippen LogP contribution < -0.4 is 0 Å². The van der Waals surface area contributed by atoms with E-state index in [1.54, 1.807) is 0 Å². The lowest BCUT2D eigenvalue weighted by molar-refractivity contribution is 0.440. The van der Waals surface area contributed by atoms with Crippen LogP contribution in [0.15, 0.2) is 0 Å². The highest BCUT2D eigenvalue weighted by Crippen LogP contribution is 2.35. The zero-order valence-electron chi connectivity index (χ0n) is 6.39. The van der Waals surface area contributed by atoms with Gasteiger partial charge in [0.15, 0.2) is 0 Å². The van der Waals surface area contributed by atoms with Gasteiger partial charge in [0.25, 0.3) is 0 Å². The fourth-order valence-corrected chi connectivity index (χ4v) is 3.88. The van der Waals surface area contributed by atoms with Crippen molar-refractivity contribution in [2.75, 3.05) is 11.5 Å². The largest absolute Gasteiger partial charge is 0.193 e. The Morgan fingerprint density at radius 2 is 2.22 bits per heavy atom. The predicted molar refractivity (Wildman–Crippen MR) is 47.4 cm³/mol. The van der Waals surface area contributed by atoms with Crippen molar-refractivity contribution in [2.45, 2.75) is 20.3 Å². The molecular formula is C8H16S. The second-order valence-electron chi connectivity index (χ2n) is 3.09. The zero-order chi connectivity index (χ0) is 6.85. The number of rotatable bonds is 1. The van der Waals surface area contributed by atoms with E-state index in [0.29, 0.717) is 10.5 Å². The lowest BCUT2D eigenvalue weighted by atomic mass is 9.96. The minimum absolute atomic E-state index is 0.517. The summed E-state index contributed by atoms with van der Waals surface area (Å²) in [5.74, 6) is 8.85. The molecule has 9 heavy (non-hydrogen) atoms. The maximum atomic E-state index is 4.11. The first-order valence-electron chi connectivity index (χ1n) is 3.71. The molecule has 0 aromatic heterocycles. The molecule has 1 heteroatoms. The molecule has 1 aliphatic rings. The molecule has 3 unspecified atom stereocenters. The molecule has 1 fully saturated rings. The van der Waals surface area contributed by atoms with E-state index < -0.39 is 0 Å². The molecule has 0 aliphatic carbocycles. The Balaban J connectivity index is 2.47. The summed E-state index contributed by atoms with van der Waals surface area (Å²) in [6, 6.07) is 0. The molecule has 1 aliphatic heterocycles. The fraction of sp³-hybridized carbons (Fsp3) is 0.875. The predicted octanol–water partition coefficient (Wildman–Crippen LogP) is 2.36. The topological polar surface area (TPSA) is 0 Å². The second-order valence-corrected chi connectivity index (χ2v) is 4.98. The van der Waals surface area contributed by atoms with Gasteiger partial charge < -0.3 is 0 Å². The van der Waals surface area contributed by atoms with Gasteiger partial charge in [-0.3, -0.25) is 0 Å². The molecule has 0 N–H and O–H groups in total. The molecule has 3 atom stereocenters. The average Bonchev–Trinajstić information content (AvgIpc) is 2.10. The van der Waals surface area contributed by atoms with Crippen LogP contribution in [0.3, 0.4) is 0 Å². The molecule has 54 valence electrons. The normalized spacial score (nSPS) is 43.6. The molecule has 0 saturated carbocycles. The molecule has 1 saturated heterocycles.